The van der Waals surface area contributed by atoms with Gasteiger partial charge in [0, 0.05) is 56.4 Å². The molecule has 0 unspecified atom stereocenters. The third kappa shape index (κ3) is 4.15. The Hall–Kier alpha value is -7.26. The van der Waals surface area contributed by atoms with Crippen molar-refractivity contribution in [1.29, 1.82) is 0 Å². The maximum Gasteiger partial charge on any atom is 0.155 e. The lowest BCUT2D eigenvalue weighted by Crippen LogP contribution is -1.95. The van der Waals surface area contributed by atoms with Crippen LogP contribution in [-0.4, -0.2) is 39.0 Å². The summed E-state index contributed by atoms with van der Waals surface area (Å²) in [5.41, 5.74) is 12.3. The fourth-order valence-electron chi connectivity index (χ4n) is 7.33. The van der Waals surface area contributed by atoms with E-state index in [0.29, 0.717) is 22.2 Å². The number of furan rings is 1. The molecule has 7 heterocycles. The molecule has 0 saturated carbocycles. The Morgan fingerprint density at radius 3 is 1.39 bits per heavy atom. The molecule has 0 fully saturated rings. The number of hydrogen-bond acceptors (Lipinski definition) is 7. The molecule has 0 N–H and O–H groups in total. The van der Waals surface area contributed by atoms with E-state index in [9.17, 15) is 0 Å². The number of nitrogens with zero attached hydrogens (tertiary/aromatic N) is 8. The van der Waals surface area contributed by atoms with Crippen molar-refractivity contribution in [3.05, 3.63) is 146 Å². The van der Waals surface area contributed by atoms with Crippen LogP contribution in [0.4, 0.5) is 0 Å². The highest BCUT2D eigenvalue weighted by Crippen LogP contribution is 2.37. The Morgan fingerprint density at radius 1 is 0.451 bits per heavy atom. The van der Waals surface area contributed by atoms with E-state index in [1.54, 1.807) is 12.7 Å². The fourth-order valence-corrected chi connectivity index (χ4v) is 7.33. The molecular formula is C42H24N8O. The zero-order chi connectivity index (χ0) is 33.5. The summed E-state index contributed by atoms with van der Waals surface area (Å²) in [6, 6.07) is 41.3. The molecular weight excluding hydrogens is 633 g/mol. The highest BCUT2D eigenvalue weighted by atomic mass is 16.3. The molecule has 9 heteroatoms. The van der Waals surface area contributed by atoms with Crippen LogP contribution in [-0.2, 0) is 0 Å². The monoisotopic (exact) mass is 656 g/mol. The molecule has 0 saturated heterocycles. The number of benzene rings is 4. The molecule has 11 rings (SSSR count). The molecule has 0 amide bonds. The van der Waals surface area contributed by atoms with Crippen molar-refractivity contribution >= 4 is 66.1 Å². The van der Waals surface area contributed by atoms with Gasteiger partial charge in [0.2, 0.25) is 0 Å². The van der Waals surface area contributed by atoms with Crippen LogP contribution in [0, 0.1) is 0 Å². The molecule has 0 aliphatic heterocycles. The molecule has 9 nitrogen and oxygen atoms in total. The Kier molecular flexibility index (Phi) is 5.76. The largest absolute Gasteiger partial charge is 0.453 e. The normalized spacial score (nSPS) is 11.9. The van der Waals surface area contributed by atoms with Crippen molar-refractivity contribution in [3.8, 4) is 33.9 Å². The fraction of sp³-hybridized carbons (Fsp3) is 0. The molecule has 0 spiro atoms. The van der Waals surface area contributed by atoms with Crippen molar-refractivity contribution in [3.63, 3.8) is 0 Å². The van der Waals surface area contributed by atoms with Gasteiger partial charge in [-0.3, -0.25) is 9.13 Å². The van der Waals surface area contributed by atoms with Crippen LogP contribution in [0.5, 0.6) is 0 Å². The minimum Gasteiger partial charge on any atom is -0.453 e. The zero-order valence-corrected chi connectivity index (χ0v) is 26.8. The lowest BCUT2D eigenvalue weighted by atomic mass is 10.1. The Labute approximate surface area is 289 Å². The Bertz CT molecular complexity index is 2930. The second kappa shape index (κ2) is 10.6. The van der Waals surface area contributed by atoms with Crippen molar-refractivity contribution in [2.75, 3.05) is 0 Å². The summed E-state index contributed by atoms with van der Waals surface area (Å²) in [4.78, 5) is 28.2. The summed E-state index contributed by atoms with van der Waals surface area (Å²) in [6.45, 7) is 0. The summed E-state index contributed by atoms with van der Waals surface area (Å²) in [5.74, 6) is 0. The van der Waals surface area contributed by atoms with E-state index in [1.807, 2.05) is 73.1 Å². The first-order valence-electron chi connectivity index (χ1n) is 16.6. The van der Waals surface area contributed by atoms with Crippen molar-refractivity contribution in [1.82, 2.24) is 39.0 Å². The summed E-state index contributed by atoms with van der Waals surface area (Å²) < 4.78 is 10.6. The second-order valence-corrected chi connectivity index (χ2v) is 12.5. The molecule has 4 aromatic carbocycles. The van der Waals surface area contributed by atoms with E-state index in [4.69, 9.17) is 14.4 Å². The third-order valence-electron chi connectivity index (χ3n) is 9.64. The van der Waals surface area contributed by atoms with Gasteiger partial charge in [-0.1, -0.05) is 60.7 Å². The van der Waals surface area contributed by atoms with Gasteiger partial charge < -0.3 is 4.42 Å². The SMILES string of the molecule is c1ccc(-n2c3cc(-c4ccc5oc6ccc(-c7ccc8c9cncnc9n(-c9ccccc9)c8c7)nc6c5n4)ccc3c3cncnc32)cc1. The quantitative estimate of drug-likeness (QED) is 0.186. The van der Waals surface area contributed by atoms with Crippen LogP contribution in [0.2, 0.25) is 0 Å². The van der Waals surface area contributed by atoms with Crippen LogP contribution in [0.15, 0.2) is 151 Å². The Morgan fingerprint density at radius 2 is 0.922 bits per heavy atom. The summed E-state index contributed by atoms with van der Waals surface area (Å²) >= 11 is 0. The molecule has 0 aliphatic carbocycles. The molecule has 0 bridgehead atoms. The first kappa shape index (κ1) is 27.7. The molecule has 7 aromatic heterocycles. The first-order chi connectivity index (χ1) is 25.3. The molecule has 11 aromatic rings. The van der Waals surface area contributed by atoms with Crippen molar-refractivity contribution in [2.45, 2.75) is 0 Å². The molecule has 238 valence electrons. The van der Waals surface area contributed by atoms with Crippen LogP contribution >= 0.6 is 0 Å². The van der Waals surface area contributed by atoms with E-state index in [1.165, 1.54) is 0 Å². The minimum absolute atomic E-state index is 0.686. The van der Waals surface area contributed by atoms with E-state index >= 15 is 0 Å². The summed E-state index contributed by atoms with van der Waals surface area (Å²) in [7, 11) is 0. The first-order valence-corrected chi connectivity index (χ1v) is 16.6. The van der Waals surface area contributed by atoms with Gasteiger partial charge in [-0.2, -0.15) is 0 Å². The van der Waals surface area contributed by atoms with Crippen LogP contribution < -0.4 is 0 Å². The number of para-hydroxylation sites is 2. The molecule has 0 atom stereocenters. The topological polar surface area (TPSA) is 100 Å². The number of aromatic nitrogens is 8. The standard InChI is InChI=1S/C42H24N8O/c1-3-7-27(8-4-1)49-35-19-25(11-13-29(35)31-21-43-23-45-41(31)49)33-15-17-37-39(47-33)40-38(51-37)18-16-34(48-40)26-12-14-30-32-22-44-24-46-42(32)50(36(30)20-26)28-9-5-2-6-10-28/h1-24H. The van der Waals surface area contributed by atoms with Crippen LogP contribution in [0.1, 0.15) is 0 Å². The van der Waals surface area contributed by atoms with Crippen molar-refractivity contribution < 1.29 is 4.42 Å². The number of rotatable bonds is 4. The van der Waals surface area contributed by atoms with Gasteiger partial charge in [0.1, 0.15) is 35.0 Å². The molecule has 0 radical (unpaired) electrons. The van der Waals surface area contributed by atoms with Gasteiger partial charge in [-0.25, -0.2) is 29.9 Å². The van der Waals surface area contributed by atoms with Crippen LogP contribution in [0.25, 0.3) is 100.0 Å². The Balaban J connectivity index is 1.07. The van der Waals surface area contributed by atoms with E-state index in [0.717, 1.165) is 77.8 Å². The summed E-state index contributed by atoms with van der Waals surface area (Å²) in [6.07, 6.45) is 6.94. The summed E-state index contributed by atoms with van der Waals surface area (Å²) in [5, 5.41) is 4.16. The van der Waals surface area contributed by atoms with Gasteiger partial charge in [-0.05, 0) is 60.7 Å². The number of fused-ring (bicyclic) bond motifs is 9. The predicted molar refractivity (Wildman–Crippen MR) is 200 cm³/mol. The van der Waals surface area contributed by atoms with Crippen molar-refractivity contribution in [2.24, 2.45) is 0 Å². The maximum atomic E-state index is 6.24. The van der Waals surface area contributed by atoms with Gasteiger partial charge in [0.15, 0.2) is 11.2 Å². The number of pyridine rings is 2. The average molecular weight is 657 g/mol. The maximum absolute atomic E-state index is 6.24. The van der Waals surface area contributed by atoms with E-state index < -0.39 is 0 Å². The molecule has 0 aliphatic rings. The van der Waals surface area contributed by atoms with Gasteiger partial charge in [0.25, 0.3) is 0 Å². The third-order valence-corrected chi connectivity index (χ3v) is 9.64. The predicted octanol–water partition coefficient (Wildman–Crippen LogP) is 9.48. The second-order valence-electron chi connectivity index (χ2n) is 12.5. The average Bonchev–Trinajstić information content (AvgIpc) is 3.85. The molecule has 51 heavy (non-hydrogen) atoms. The minimum atomic E-state index is 0.686. The van der Waals surface area contributed by atoms with E-state index in [-0.39, 0.29) is 0 Å². The van der Waals surface area contributed by atoms with Gasteiger partial charge in [-0.15, -0.1) is 0 Å². The van der Waals surface area contributed by atoms with Gasteiger partial charge >= 0.3 is 0 Å². The zero-order valence-electron chi connectivity index (χ0n) is 26.8. The smallest absolute Gasteiger partial charge is 0.155 e. The lowest BCUT2D eigenvalue weighted by Gasteiger charge is -2.08. The highest BCUT2D eigenvalue weighted by Gasteiger charge is 2.18. The van der Waals surface area contributed by atoms with Gasteiger partial charge in [0.05, 0.1) is 22.4 Å². The van der Waals surface area contributed by atoms with Crippen LogP contribution in [0.3, 0.4) is 0 Å². The lowest BCUT2D eigenvalue weighted by molar-refractivity contribution is 0.667. The number of hydrogen-bond donors (Lipinski definition) is 0. The van der Waals surface area contributed by atoms with E-state index in [2.05, 4.69) is 89.7 Å². The highest BCUT2D eigenvalue weighted by molar-refractivity contribution is 6.10.